The molecule has 1 saturated heterocycles. The van der Waals surface area contributed by atoms with Crippen LogP contribution >= 0.6 is 0 Å². The molecule has 0 spiro atoms. The van der Waals surface area contributed by atoms with Gasteiger partial charge in [-0.25, -0.2) is 4.68 Å². The number of hydrogen-bond donors (Lipinski definition) is 2. The Labute approximate surface area is 170 Å². The van der Waals surface area contributed by atoms with Crippen molar-refractivity contribution < 1.29 is 9.59 Å². The van der Waals surface area contributed by atoms with E-state index >= 15 is 0 Å². The van der Waals surface area contributed by atoms with Crippen molar-refractivity contribution in [3.05, 3.63) is 41.2 Å². The molecule has 29 heavy (non-hydrogen) atoms. The van der Waals surface area contributed by atoms with Crippen LogP contribution in [0.4, 0.5) is 5.69 Å². The molecule has 8 heteroatoms. The molecule has 0 radical (unpaired) electrons. The van der Waals surface area contributed by atoms with E-state index in [1.807, 2.05) is 34.7 Å². The Morgan fingerprint density at radius 1 is 1.24 bits per heavy atom. The molecule has 2 N–H and O–H groups in total. The molecule has 1 aromatic carbocycles. The van der Waals surface area contributed by atoms with Gasteiger partial charge in [-0.05, 0) is 57.3 Å². The van der Waals surface area contributed by atoms with E-state index in [0.717, 1.165) is 50.3 Å². The van der Waals surface area contributed by atoms with Gasteiger partial charge in [0.1, 0.15) is 0 Å². The maximum atomic E-state index is 12.5. The quantitative estimate of drug-likeness (QED) is 0.724. The van der Waals surface area contributed by atoms with E-state index in [0.29, 0.717) is 31.1 Å². The molecule has 2 aromatic rings. The Morgan fingerprint density at radius 3 is 2.86 bits per heavy atom. The third kappa shape index (κ3) is 4.17. The maximum Gasteiger partial charge on any atom is 0.273 e. The topological polar surface area (TPSA) is 92.2 Å². The summed E-state index contributed by atoms with van der Waals surface area (Å²) >= 11 is 0. The van der Waals surface area contributed by atoms with Crippen LogP contribution in [-0.4, -0.2) is 53.0 Å². The molecule has 2 aliphatic rings. The lowest BCUT2D eigenvalue weighted by molar-refractivity contribution is -0.118. The first-order valence-corrected chi connectivity index (χ1v) is 10.4. The van der Waals surface area contributed by atoms with Crippen LogP contribution in [-0.2, 0) is 11.2 Å². The SMILES string of the molecule is Cc1c(C(=O)NCCCC(=O)N2CCc3ccccc32)nnn1C1CCNCC1. The average molecular weight is 396 g/mol. The maximum absolute atomic E-state index is 12.5. The summed E-state index contributed by atoms with van der Waals surface area (Å²) < 4.78 is 1.88. The first-order valence-electron chi connectivity index (χ1n) is 10.4. The molecule has 0 bridgehead atoms. The molecular weight excluding hydrogens is 368 g/mol. The van der Waals surface area contributed by atoms with E-state index in [-0.39, 0.29) is 11.8 Å². The van der Waals surface area contributed by atoms with Crippen LogP contribution in [0.5, 0.6) is 0 Å². The Balaban J connectivity index is 1.25. The van der Waals surface area contributed by atoms with Crippen molar-refractivity contribution in [1.29, 1.82) is 0 Å². The van der Waals surface area contributed by atoms with Crippen molar-refractivity contribution in [3.63, 3.8) is 0 Å². The van der Waals surface area contributed by atoms with Gasteiger partial charge in [-0.3, -0.25) is 9.59 Å². The van der Waals surface area contributed by atoms with Crippen LogP contribution in [0.25, 0.3) is 0 Å². The summed E-state index contributed by atoms with van der Waals surface area (Å²) in [6.45, 7) is 5.00. The van der Waals surface area contributed by atoms with E-state index in [9.17, 15) is 9.59 Å². The number of nitrogens with one attached hydrogen (secondary N) is 2. The normalized spacial score (nSPS) is 16.7. The summed E-state index contributed by atoms with van der Waals surface area (Å²) in [7, 11) is 0. The number of hydrogen-bond acceptors (Lipinski definition) is 5. The highest BCUT2D eigenvalue weighted by Crippen LogP contribution is 2.28. The number of para-hydroxylation sites is 1. The van der Waals surface area contributed by atoms with E-state index < -0.39 is 0 Å². The van der Waals surface area contributed by atoms with Crippen molar-refractivity contribution in [2.75, 3.05) is 31.1 Å². The highest BCUT2D eigenvalue weighted by molar-refractivity contribution is 5.95. The highest BCUT2D eigenvalue weighted by atomic mass is 16.2. The van der Waals surface area contributed by atoms with E-state index in [4.69, 9.17) is 0 Å². The second-order valence-electron chi connectivity index (χ2n) is 7.73. The summed E-state index contributed by atoms with van der Waals surface area (Å²) in [5, 5.41) is 14.5. The van der Waals surface area contributed by atoms with Gasteiger partial charge in [0.05, 0.1) is 11.7 Å². The standard InChI is InChI=1S/C21H28N6O2/c1-15-20(24-25-27(15)17-8-12-22-13-9-17)21(29)23-11-4-7-19(28)26-14-10-16-5-2-3-6-18(16)26/h2-3,5-6,17,22H,4,7-14H2,1H3,(H,23,29). The summed E-state index contributed by atoms with van der Waals surface area (Å²) in [5.41, 5.74) is 3.43. The number of nitrogens with zero attached hydrogens (tertiary/aromatic N) is 4. The second kappa shape index (κ2) is 8.73. The Kier molecular flexibility index (Phi) is 5.89. The average Bonchev–Trinajstić information content (AvgIpc) is 3.35. The van der Waals surface area contributed by atoms with Crippen LogP contribution < -0.4 is 15.5 Å². The Morgan fingerprint density at radius 2 is 2.03 bits per heavy atom. The number of carbonyl (C=O) groups excluding carboxylic acids is 2. The number of amides is 2. The zero-order valence-corrected chi connectivity index (χ0v) is 16.9. The number of carbonyl (C=O) groups is 2. The molecule has 154 valence electrons. The van der Waals surface area contributed by atoms with Gasteiger partial charge in [0.25, 0.3) is 5.91 Å². The van der Waals surface area contributed by atoms with Gasteiger partial charge < -0.3 is 15.5 Å². The van der Waals surface area contributed by atoms with Gasteiger partial charge in [-0.1, -0.05) is 23.4 Å². The molecule has 2 amide bonds. The van der Waals surface area contributed by atoms with E-state index in [2.05, 4.69) is 27.0 Å². The molecule has 0 unspecified atom stereocenters. The molecule has 4 rings (SSSR count). The number of aromatic nitrogens is 3. The minimum atomic E-state index is -0.221. The lowest BCUT2D eigenvalue weighted by Crippen LogP contribution is -2.31. The lowest BCUT2D eigenvalue weighted by Gasteiger charge is -2.23. The molecule has 3 heterocycles. The van der Waals surface area contributed by atoms with Crippen LogP contribution in [0, 0.1) is 6.92 Å². The van der Waals surface area contributed by atoms with Crippen molar-refractivity contribution in [3.8, 4) is 0 Å². The third-order valence-corrected chi connectivity index (χ3v) is 5.84. The van der Waals surface area contributed by atoms with E-state index in [1.54, 1.807) is 0 Å². The number of fused-ring (bicyclic) bond motifs is 1. The minimum Gasteiger partial charge on any atom is -0.351 e. The largest absolute Gasteiger partial charge is 0.351 e. The van der Waals surface area contributed by atoms with Gasteiger partial charge in [0.15, 0.2) is 5.69 Å². The van der Waals surface area contributed by atoms with Crippen molar-refractivity contribution in [2.45, 2.75) is 45.1 Å². The molecule has 1 fully saturated rings. The van der Waals surface area contributed by atoms with Crippen LogP contribution in [0.15, 0.2) is 24.3 Å². The van der Waals surface area contributed by atoms with Gasteiger partial charge in [-0.15, -0.1) is 5.10 Å². The summed E-state index contributed by atoms with van der Waals surface area (Å²) in [6, 6.07) is 8.33. The zero-order chi connectivity index (χ0) is 20.2. The molecule has 0 aliphatic carbocycles. The number of benzene rings is 1. The third-order valence-electron chi connectivity index (χ3n) is 5.84. The van der Waals surface area contributed by atoms with Gasteiger partial charge in [0, 0.05) is 25.2 Å². The fourth-order valence-corrected chi connectivity index (χ4v) is 4.21. The first-order chi connectivity index (χ1) is 14.1. The monoisotopic (exact) mass is 396 g/mol. The highest BCUT2D eigenvalue weighted by Gasteiger charge is 2.24. The predicted molar refractivity (Wildman–Crippen MR) is 110 cm³/mol. The van der Waals surface area contributed by atoms with Crippen LogP contribution in [0.1, 0.15) is 53.5 Å². The van der Waals surface area contributed by atoms with Crippen molar-refractivity contribution in [2.24, 2.45) is 0 Å². The Hall–Kier alpha value is -2.74. The van der Waals surface area contributed by atoms with E-state index in [1.165, 1.54) is 5.56 Å². The van der Waals surface area contributed by atoms with Crippen LogP contribution in [0.3, 0.4) is 0 Å². The number of anilines is 1. The van der Waals surface area contributed by atoms with Crippen molar-refractivity contribution >= 4 is 17.5 Å². The fourth-order valence-electron chi connectivity index (χ4n) is 4.21. The predicted octanol–water partition coefficient (Wildman–Crippen LogP) is 1.61. The fraction of sp³-hybridized carbons (Fsp3) is 0.524. The molecule has 0 atom stereocenters. The van der Waals surface area contributed by atoms with Gasteiger partial charge >= 0.3 is 0 Å². The molecular formula is C21H28N6O2. The lowest BCUT2D eigenvalue weighted by atomic mass is 10.1. The van der Waals surface area contributed by atoms with Crippen LogP contribution in [0.2, 0.25) is 0 Å². The van der Waals surface area contributed by atoms with Gasteiger partial charge in [-0.2, -0.15) is 0 Å². The number of rotatable bonds is 6. The smallest absolute Gasteiger partial charge is 0.273 e. The zero-order valence-electron chi connectivity index (χ0n) is 16.9. The van der Waals surface area contributed by atoms with Gasteiger partial charge in [0.2, 0.25) is 5.91 Å². The molecule has 2 aliphatic heterocycles. The first kappa shape index (κ1) is 19.6. The van der Waals surface area contributed by atoms with Crippen molar-refractivity contribution in [1.82, 2.24) is 25.6 Å². The molecule has 8 nitrogen and oxygen atoms in total. The number of piperidine rings is 1. The summed E-state index contributed by atoms with van der Waals surface area (Å²) in [5.74, 6) is -0.112. The minimum absolute atomic E-state index is 0.109. The second-order valence-corrected chi connectivity index (χ2v) is 7.73. The summed E-state index contributed by atoms with van der Waals surface area (Å²) in [6.07, 6.45) is 3.91. The summed E-state index contributed by atoms with van der Waals surface area (Å²) in [4.78, 5) is 26.9. The molecule has 0 saturated carbocycles. The molecule has 1 aromatic heterocycles. The Bertz CT molecular complexity index is 887.